The quantitative estimate of drug-likeness (QED) is 0.551. The highest BCUT2D eigenvalue weighted by atomic mass is 127. The lowest BCUT2D eigenvalue weighted by Gasteiger charge is -2.33. The van der Waals surface area contributed by atoms with Crippen LogP contribution >= 0.6 is 67.8 Å². The molecule has 1 aromatic rings. The number of rotatable bonds is 3. The average Bonchev–Trinajstić information content (AvgIpc) is 2.41. The summed E-state index contributed by atoms with van der Waals surface area (Å²) < 4.78 is 4.93. The zero-order valence-corrected chi connectivity index (χ0v) is 16.7. The number of nitrogens with zero attached hydrogens (tertiary/aromatic N) is 3. The number of halogens is 3. The number of carbonyl (C=O) groups is 1. The molecule has 1 aromatic heterocycles. The van der Waals surface area contributed by atoms with E-state index in [9.17, 15) is 9.90 Å². The lowest BCUT2D eigenvalue weighted by atomic mass is 10.1. The molecule has 0 atom stereocenters. The monoisotopic (exact) mass is 589 g/mol. The van der Waals surface area contributed by atoms with E-state index in [-0.39, 0.29) is 0 Å². The molecule has 1 amide bonds. The Morgan fingerprint density at radius 2 is 1.94 bits per heavy atom. The van der Waals surface area contributed by atoms with Gasteiger partial charge in [0, 0.05) is 18.6 Å². The van der Waals surface area contributed by atoms with Crippen molar-refractivity contribution in [1.29, 1.82) is 0 Å². The number of imidazole rings is 1. The molecule has 5 nitrogen and oxygen atoms in total. The van der Waals surface area contributed by atoms with Crippen LogP contribution in [-0.2, 0) is 6.54 Å². The average molecular weight is 589 g/mol. The first kappa shape index (κ1) is 16.7. The second kappa shape index (κ2) is 6.41. The third-order valence-electron chi connectivity index (χ3n) is 2.41. The van der Waals surface area contributed by atoms with Gasteiger partial charge in [0.15, 0.2) is 3.83 Å². The minimum Gasteiger partial charge on any atom is -0.465 e. The normalized spacial score (nSPS) is 11.7. The molecule has 0 unspecified atom stereocenters. The Balaban J connectivity index is 2.83. The first-order valence-electron chi connectivity index (χ1n) is 5.22. The second-order valence-electron chi connectivity index (χ2n) is 4.72. The van der Waals surface area contributed by atoms with Crippen molar-refractivity contribution in [2.75, 3.05) is 6.54 Å². The van der Waals surface area contributed by atoms with E-state index in [1.807, 2.05) is 25.3 Å². The van der Waals surface area contributed by atoms with Gasteiger partial charge in [-0.05, 0) is 88.5 Å². The van der Waals surface area contributed by atoms with Crippen molar-refractivity contribution in [3.8, 4) is 0 Å². The molecule has 0 fully saturated rings. The van der Waals surface area contributed by atoms with Crippen molar-refractivity contribution >= 4 is 73.9 Å². The van der Waals surface area contributed by atoms with Crippen LogP contribution in [0, 0.1) is 11.2 Å². The maximum Gasteiger partial charge on any atom is 0.407 e. The molecular weight excluding hydrogens is 575 g/mol. The van der Waals surface area contributed by atoms with Crippen LogP contribution < -0.4 is 0 Å². The van der Waals surface area contributed by atoms with Gasteiger partial charge in [-0.2, -0.15) is 0 Å². The molecule has 102 valence electrons. The van der Waals surface area contributed by atoms with E-state index in [1.165, 1.54) is 4.90 Å². The van der Waals surface area contributed by atoms with E-state index in [4.69, 9.17) is 0 Å². The standard InChI is InChI=1S/C10H14I3N3O2/c1-10(2,3)16(9(17)18)5-4-15-7(12)6(11)14-8(15)13/h4-5H2,1-3H3,(H,17,18). The van der Waals surface area contributed by atoms with Crippen LogP contribution in [0.2, 0.25) is 0 Å². The third kappa shape index (κ3) is 4.08. The van der Waals surface area contributed by atoms with Crippen LogP contribution in [0.3, 0.4) is 0 Å². The third-order valence-corrected chi connectivity index (χ3v) is 6.11. The molecule has 0 aliphatic carbocycles. The fraction of sp³-hybridized carbons (Fsp3) is 0.600. The maximum atomic E-state index is 11.2. The van der Waals surface area contributed by atoms with Crippen LogP contribution in [0.25, 0.3) is 0 Å². The van der Waals surface area contributed by atoms with Gasteiger partial charge < -0.3 is 14.6 Å². The highest BCUT2D eigenvalue weighted by molar-refractivity contribution is 14.1. The molecular formula is C10H14I3N3O2. The molecule has 18 heavy (non-hydrogen) atoms. The molecule has 0 aliphatic rings. The summed E-state index contributed by atoms with van der Waals surface area (Å²) in [5, 5.41) is 9.23. The van der Waals surface area contributed by atoms with Crippen LogP contribution in [0.4, 0.5) is 4.79 Å². The summed E-state index contributed by atoms with van der Waals surface area (Å²) >= 11 is 6.58. The number of hydrogen-bond donors (Lipinski definition) is 1. The topological polar surface area (TPSA) is 58.4 Å². The van der Waals surface area contributed by atoms with Crippen LogP contribution in [0.5, 0.6) is 0 Å². The fourth-order valence-corrected chi connectivity index (χ4v) is 4.24. The molecule has 0 spiro atoms. The van der Waals surface area contributed by atoms with E-state index in [0.29, 0.717) is 13.1 Å². The Kier molecular flexibility index (Phi) is 5.96. The Morgan fingerprint density at radius 1 is 1.39 bits per heavy atom. The van der Waals surface area contributed by atoms with Crippen molar-refractivity contribution in [3.63, 3.8) is 0 Å². The first-order chi connectivity index (χ1) is 8.14. The second-order valence-corrected chi connectivity index (χ2v) is 7.73. The smallest absolute Gasteiger partial charge is 0.407 e. The van der Waals surface area contributed by atoms with Gasteiger partial charge in [0.25, 0.3) is 0 Å². The summed E-state index contributed by atoms with van der Waals surface area (Å²) in [6.45, 7) is 6.77. The summed E-state index contributed by atoms with van der Waals surface area (Å²) in [4.78, 5) is 17.0. The van der Waals surface area contributed by atoms with Crippen LogP contribution in [0.1, 0.15) is 20.8 Å². The van der Waals surface area contributed by atoms with Crippen molar-refractivity contribution in [2.45, 2.75) is 32.9 Å². The molecule has 8 heteroatoms. The summed E-state index contributed by atoms with van der Waals surface area (Å²) in [6, 6.07) is 0. The largest absolute Gasteiger partial charge is 0.465 e. The number of amides is 1. The van der Waals surface area contributed by atoms with Gasteiger partial charge in [-0.1, -0.05) is 0 Å². The molecule has 0 aliphatic heterocycles. The molecule has 0 aromatic carbocycles. The molecule has 0 saturated carbocycles. The minimum atomic E-state index is -0.887. The van der Waals surface area contributed by atoms with Gasteiger partial charge in [-0.25, -0.2) is 9.78 Å². The molecule has 0 saturated heterocycles. The minimum absolute atomic E-state index is 0.392. The molecule has 1 N–H and O–H groups in total. The van der Waals surface area contributed by atoms with E-state index < -0.39 is 11.6 Å². The number of aromatic nitrogens is 2. The van der Waals surface area contributed by atoms with Crippen molar-refractivity contribution in [3.05, 3.63) is 11.2 Å². The van der Waals surface area contributed by atoms with E-state index in [1.54, 1.807) is 0 Å². The SMILES string of the molecule is CC(C)(C)N(CCn1c(I)nc(I)c1I)C(=O)O. The summed E-state index contributed by atoms with van der Waals surface area (Å²) in [5.74, 6) is 0. The Labute approximate surface area is 147 Å². The summed E-state index contributed by atoms with van der Waals surface area (Å²) in [5.41, 5.74) is -0.392. The molecule has 0 bridgehead atoms. The fourth-order valence-electron chi connectivity index (χ4n) is 1.49. The number of carboxylic acid groups (broad SMARTS) is 1. The summed E-state index contributed by atoms with van der Waals surface area (Å²) in [6.07, 6.45) is -0.887. The zero-order chi connectivity index (χ0) is 14.1. The Hall–Kier alpha value is 0.670. The lowest BCUT2D eigenvalue weighted by Crippen LogP contribution is -2.46. The first-order valence-corrected chi connectivity index (χ1v) is 8.46. The number of hydrogen-bond acceptors (Lipinski definition) is 2. The lowest BCUT2D eigenvalue weighted by molar-refractivity contribution is 0.0975. The van der Waals surface area contributed by atoms with Crippen LogP contribution in [0.15, 0.2) is 0 Å². The van der Waals surface area contributed by atoms with E-state index in [0.717, 1.165) is 11.2 Å². The van der Waals surface area contributed by atoms with Gasteiger partial charge >= 0.3 is 6.09 Å². The van der Waals surface area contributed by atoms with Gasteiger partial charge in [0.1, 0.15) is 7.40 Å². The highest BCUT2D eigenvalue weighted by Crippen LogP contribution is 2.19. The van der Waals surface area contributed by atoms with Crippen molar-refractivity contribution in [1.82, 2.24) is 14.5 Å². The predicted molar refractivity (Wildman–Crippen MR) is 94.9 cm³/mol. The van der Waals surface area contributed by atoms with Gasteiger partial charge in [-0.3, -0.25) is 0 Å². The van der Waals surface area contributed by atoms with Gasteiger partial charge in [0.2, 0.25) is 0 Å². The zero-order valence-electron chi connectivity index (χ0n) is 10.2. The summed E-state index contributed by atoms with van der Waals surface area (Å²) in [7, 11) is 0. The van der Waals surface area contributed by atoms with E-state index in [2.05, 4.69) is 72.8 Å². The van der Waals surface area contributed by atoms with Crippen molar-refractivity contribution < 1.29 is 9.90 Å². The van der Waals surface area contributed by atoms with E-state index >= 15 is 0 Å². The highest BCUT2D eigenvalue weighted by Gasteiger charge is 2.26. The molecule has 1 rings (SSSR count). The van der Waals surface area contributed by atoms with Crippen molar-refractivity contribution in [2.24, 2.45) is 0 Å². The van der Waals surface area contributed by atoms with Crippen LogP contribution in [-0.4, -0.2) is 37.7 Å². The van der Waals surface area contributed by atoms with Gasteiger partial charge in [-0.15, -0.1) is 0 Å². The molecule has 0 radical (unpaired) electrons. The maximum absolute atomic E-state index is 11.2. The Bertz CT molecular complexity index is 454. The predicted octanol–water partition coefficient (Wildman–Crippen LogP) is 3.48. The molecule has 1 heterocycles. The Morgan fingerprint density at radius 3 is 2.28 bits per heavy atom. The van der Waals surface area contributed by atoms with Gasteiger partial charge in [0.05, 0.1) is 0 Å².